The number of nitrogens with zero attached hydrogens (tertiary/aromatic N) is 1. The fourth-order valence-corrected chi connectivity index (χ4v) is 3.79. The largest absolute Gasteiger partial charge is 0.298 e. The lowest BCUT2D eigenvalue weighted by Gasteiger charge is -2.31. The number of rotatable bonds is 3. The number of thiophene rings is 1. The van der Waals surface area contributed by atoms with E-state index in [9.17, 15) is 0 Å². The van der Waals surface area contributed by atoms with Crippen LogP contribution in [0.4, 0.5) is 0 Å². The molecule has 0 aromatic carbocycles. The van der Waals surface area contributed by atoms with Gasteiger partial charge < -0.3 is 0 Å². The van der Waals surface area contributed by atoms with Gasteiger partial charge in [0.25, 0.3) is 0 Å². The lowest BCUT2D eigenvalue weighted by Crippen LogP contribution is -2.34. The lowest BCUT2D eigenvalue weighted by atomic mass is 9.96. The maximum atomic E-state index is 3.61. The number of hydrogen-bond donors (Lipinski definition) is 0. The summed E-state index contributed by atoms with van der Waals surface area (Å²) in [6.45, 7) is 6.02. The van der Waals surface area contributed by atoms with Crippen molar-refractivity contribution < 1.29 is 0 Å². The van der Waals surface area contributed by atoms with E-state index in [0.29, 0.717) is 0 Å². The second-order valence-corrected chi connectivity index (χ2v) is 6.20. The Morgan fingerprint density at radius 2 is 2.47 bits per heavy atom. The Labute approximate surface area is 105 Å². The summed E-state index contributed by atoms with van der Waals surface area (Å²) >= 11 is 5.47. The smallest absolute Gasteiger partial charge is 0.0339 e. The van der Waals surface area contributed by atoms with Crippen LogP contribution < -0.4 is 0 Å². The first-order valence-electron chi connectivity index (χ1n) is 5.73. The van der Waals surface area contributed by atoms with E-state index in [1.807, 2.05) is 11.3 Å². The summed E-state index contributed by atoms with van der Waals surface area (Å²) in [4.78, 5) is 4.08. The molecule has 2 rings (SSSR count). The number of halogens is 1. The zero-order valence-corrected chi connectivity index (χ0v) is 11.6. The Bertz CT molecular complexity index is 310. The average Bonchev–Trinajstić information content (AvgIpc) is 2.65. The molecule has 15 heavy (non-hydrogen) atoms. The van der Waals surface area contributed by atoms with Crippen molar-refractivity contribution in [3.05, 3.63) is 20.8 Å². The predicted molar refractivity (Wildman–Crippen MR) is 70.3 cm³/mol. The third-order valence-corrected chi connectivity index (χ3v) is 5.15. The van der Waals surface area contributed by atoms with Gasteiger partial charge in [-0.15, -0.1) is 11.3 Å². The van der Waals surface area contributed by atoms with E-state index in [0.717, 1.165) is 12.5 Å². The lowest BCUT2D eigenvalue weighted by molar-refractivity contribution is 0.166. The molecule has 1 aromatic heterocycles. The van der Waals surface area contributed by atoms with Gasteiger partial charge in [0, 0.05) is 22.4 Å². The first-order valence-corrected chi connectivity index (χ1v) is 7.41. The van der Waals surface area contributed by atoms with Crippen molar-refractivity contribution in [1.82, 2.24) is 4.90 Å². The van der Waals surface area contributed by atoms with E-state index in [1.54, 1.807) is 0 Å². The Hall–Kier alpha value is 0.140. The van der Waals surface area contributed by atoms with Crippen LogP contribution in [0.2, 0.25) is 0 Å². The van der Waals surface area contributed by atoms with Crippen molar-refractivity contribution in [1.29, 1.82) is 0 Å². The first kappa shape index (κ1) is 11.6. The molecule has 1 fully saturated rings. The van der Waals surface area contributed by atoms with Crippen LogP contribution in [0.15, 0.2) is 15.9 Å². The van der Waals surface area contributed by atoms with Gasteiger partial charge in [-0.05, 0) is 52.7 Å². The standard InChI is InChI=1S/C12H18BrNS/c1-2-10-4-3-6-14(8-10)9-12-11(13)5-7-15-12/h5,7,10H,2-4,6,8-9H2,1H3. The summed E-state index contributed by atoms with van der Waals surface area (Å²) in [5.41, 5.74) is 0. The van der Waals surface area contributed by atoms with Crippen LogP contribution in [0, 0.1) is 5.92 Å². The fraction of sp³-hybridized carbons (Fsp3) is 0.667. The Morgan fingerprint density at radius 1 is 1.60 bits per heavy atom. The van der Waals surface area contributed by atoms with Crippen LogP contribution in [-0.2, 0) is 6.54 Å². The van der Waals surface area contributed by atoms with E-state index in [2.05, 4.69) is 39.2 Å². The van der Waals surface area contributed by atoms with Crippen molar-refractivity contribution in [2.75, 3.05) is 13.1 Å². The van der Waals surface area contributed by atoms with E-state index in [-0.39, 0.29) is 0 Å². The Balaban J connectivity index is 1.92. The molecule has 1 aromatic rings. The minimum atomic E-state index is 0.928. The summed E-state index contributed by atoms with van der Waals surface area (Å²) in [5, 5.41) is 2.17. The maximum Gasteiger partial charge on any atom is 0.0339 e. The highest BCUT2D eigenvalue weighted by atomic mass is 79.9. The third-order valence-electron chi connectivity index (χ3n) is 3.24. The molecule has 0 aliphatic carbocycles. The quantitative estimate of drug-likeness (QED) is 0.808. The van der Waals surface area contributed by atoms with Gasteiger partial charge in [-0.3, -0.25) is 4.90 Å². The van der Waals surface area contributed by atoms with Gasteiger partial charge in [-0.2, -0.15) is 0 Å². The first-order chi connectivity index (χ1) is 7.29. The van der Waals surface area contributed by atoms with Crippen LogP contribution in [0.5, 0.6) is 0 Å². The molecule has 0 saturated carbocycles. The number of hydrogen-bond acceptors (Lipinski definition) is 2. The molecule has 1 aliphatic heterocycles. The highest BCUT2D eigenvalue weighted by Gasteiger charge is 2.19. The van der Waals surface area contributed by atoms with E-state index >= 15 is 0 Å². The molecule has 1 saturated heterocycles. The van der Waals surface area contributed by atoms with Crippen molar-refractivity contribution in [2.45, 2.75) is 32.7 Å². The van der Waals surface area contributed by atoms with Crippen LogP contribution in [0.1, 0.15) is 31.1 Å². The van der Waals surface area contributed by atoms with Crippen LogP contribution >= 0.6 is 27.3 Å². The summed E-state index contributed by atoms with van der Waals surface area (Å²) in [6.07, 6.45) is 4.14. The average molecular weight is 288 g/mol. The van der Waals surface area contributed by atoms with Gasteiger partial charge in [0.15, 0.2) is 0 Å². The minimum Gasteiger partial charge on any atom is -0.298 e. The summed E-state index contributed by atoms with van der Waals surface area (Å²) in [7, 11) is 0. The zero-order chi connectivity index (χ0) is 10.7. The van der Waals surface area contributed by atoms with E-state index in [4.69, 9.17) is 0 Å². The van der Waals surface area contributed by atoms with E-state index < -0.39 is 0 Å². The van der Waals surface area contributed by atoms with Gasteiger partial charge in [0.1, 0.15) is 0 Å². The topological polar surface area (TPSA) is 3.24 Å². The van der Waals surface area contributed by atoms with Crippen molar-refractivity contribution >= 4 is 27.3 Å². The third kappa shape index (κ3) is 3.05. The molecule has 1 unspecified atom stereocenters. The molecule has 3 heteroatoms. The molecule has 2 heterocycles. The van der Waals surface area contributed by atoms with Crippen LogP contribution in [0.25, 0.3) is 0 Å². The number of piperidine rings is 1. The SMILES string of the molecule is CCC1CCCN(Cc2sccc2Br)C1. The van der Waals surface area contributed by atoms with Crippen LogP contribution in [0.3, 0.4) is 0 Å². The zero-order valence-electron chi connectivity index (χ0n) is 9.21. The molecular weight excluding hydrogens is 270 g/mol. The molecule has 0 spiro atoms. The van der Waals surface area contributed by atoms with Gasteiger partial charge in [-0.25, -0.2) is 0 Å². The minimum absolute atomic E-state index is 0.928. The second kappa shape index (κ2) is 5.46. The molecule has 1 nitrogen and oxygen atoms in total. The molecule has 84 valence electrons. The summed E-state index contributed by atoms with van der Waals surface area (Å²) in [6, 6.07) is 2.15. The second-order valence-electron chi connectivity index (χ2n) is 4.34. The van der Waals surface area contributed by atoms with Crippen LogP contribution in [-0.4, -0.2) is 18.0 Å². The molecule has 0 radical (unpaired) electrons. The highest BCUT2D eigenvalue weighted by Crippen LogP contribution is 2.27. The number of likely N-dealkylation sites (tertiary alicyclic amines) is 1. The fourth-order valence-electron chi connectivity index (χ4n) is 2.27. The monoisotopic (exact) mass is 287 g/mol. The van der Waals surface area contributed by atoms with Gasteiger partial charge in [0.2, 0.25) is 0 Å². The molecular formula is C12H18BrNS. The van der Waals surface area contributed by atoms with Gasteiger partial charge in [-0.1, -0.05) is 13.3 Å². The van der Waals surface area contributed by atoms with Crippen molar-refractivity contribution in [3.8, 4) is 0 Å². The molecule has 0 N–H and O–H groups in total. The predicted octanol–water partition coefficient (Wildman–Crippen LogP) is 4.13. The van der Waals surface area contributed by atoms with Gasteiger partial charge >= 0.3 is 0 Å². The van der Waals surface area contributed by atoms with Crippen molar-refractivity contribution in [2.24, 2.45) is 5.92 Å². The normalized spacial score (nSPS) is 23.2. The Morgan fingerprint density at radius 3 is 3.13 bits per heavy atom. The molecule has 1 aliphatic rings. The molecule has 0 bridgehead atoms. The Kier molecular flexibility index (Phi) is 4.23. The molecule has 1 atom stereocenters. The maximum absolute atomic E-state index is 3.61. The van der Waals surface area contributed by atoms with Gasteiger partial charge in [0.05, 0.1) is 0 Å². The molecule has 0 amide bonds. The van der Waals surface area contributed by atoms with Crippen molar-refractivity contribution in [3.63, 3.8) is 0 Å². The summed E-state index contributed by atoms with van der Waals surface area (Å²) < 4.78 is 1.28. The summed E-state index contributed by atoms with van der Waals surface area (Å²) in [5.74, 6) is 0.928. The highest BCUT2D eigenvalue weighted by molar-refractivity contribution is 9.10. The van der Waals surface area contributed by atoms with E-state index in [1.165, 1.54) is 41.7 Å².